The largest absolute Gasteiger partial charge is 0.481 e. The lowest BCUT2D eigenvalue weighted by Crippen LogP contribution is -2.30. The Bertz CT molecular complexity index is 653. The highest BCUT2D eigenvalue weighted by Gasteiger charge is 2.17. The Hall–Kier alpha value is -2.49. The molecule has 0 bridgehead atoms. The monoisotopic (exact) mass is 298 g/mol. The lowest BCUT2D eigenvalue weighted by atomic mass is 10.0. The molecular weight excluding hydrogens is 276 g/mol. The maximum atomic E-state index is 12.3. The Morgan fingerprint density at radius 2 is 1.68 bits per heavy atom. The number of rotatable bonds is 5. The van der Waals surface area contributed by atoms with E-state index in [9.17, 15) is 4.79 Å². The average molecular weight is 298 g/mol. The van der Waals surface area contributed by atoms with Crippen molar-refractivity contribution in [3.63, 3.8) is 0 Å². The summed E-state index contributed by atoms with van der Waals surface area (Å²) in [5.41, 5.74) is 8.04. The summed E-state index contributed by atoms with van der Waals surface area (Å²) in [4.78, 5) is 12.3. The fraction of sp³-hybridized carbons (Fsp3) is 0.278. The summed E-state index contributed by atoms with van der Waals surface area (Å²) >= 11 is 0. The topological polar surface area (TPSA) is 64.3 Å². The van der Waals surface area contributed by atoms with Crippen LogP contribution in [0.4, 0.5) is 11.4 Å². The quantitative estimate of drug-likeness (QED) is 0.825. The van der Waals surface area contributed by atoms with Crippen LogP contribution in [0.2, 0.25) is 0 Å². The van der Waals surface area contributed by atoms with E-state index in [4.69, 9.17) is 10.5 Å². The Kier molecular flexibility index (Phi) is 5.04. The van der Waals surface area contributed by atoms with Crippen LogP contribution in [-0.2, 0) is 4.79 Å². The Morgan fingerprint density at radius 3 is 2.36 bits per heavy atom. The summed E-state index contributed by atoms with van der Waals surface area (Å²) in [7, 11) is 0. The van der Waals surface area contributed by atoms with Crippen molar-refractivity contribution >= 4 is 17.3 Å². The molecule has 0 fully saturated rings. The number of ether oxygens (including phenoxy) is 1. The number of hydrogen-bond donors (Lipinski definition) is 2. The van der Waals surface area contributed by atoms with Gasteiger partial charge in [0.1, 0.15) is 5.75 Å². The molecule has 116 valence electrons. The molecule has 0 aliphatic carbocycles. The highest BCUT2D eigenvalue weighted by Crippen LogP contribution is 2.27. The van der Waals surface area contributed by atoms with E-state index in [-0.39, 0.29) is 5.91 Å². The zero-order chi connectivity index (χ0) is 16.1. The third-order valence-electron chi connectivity index (χ3n) is 3.43. The average Bonchev–Trinajstić information content (AvgIpc) is 2.49. The van der Waals surface area contributed by atoms with Gasteiger partial charge >= 0.3 is 0 Å². The van der Waals surface area contributed by atoms with Crippen LogP contribution in [0.1, 0.15) is 32.3 Å². The summed E-state index contributed by atoms with van der Waals surface area (Å²) in [5.74, 6) is 0.842. The number of hydrogen-bond acceptors (Lipinski definition) is 3. The second kappa shape index (κ2) is 6.98. The molecule has 3 N–H and O–H groups in total. The predicted molar refractivity (Wildman–Crippen MR) is 90.1 cm³/mol. The van der Waals surface area contributed by atoms with Crippen LogP contribution in [0, 0.1) is 0 Å². The molecule has 4 nitrogen and oxygen atoms in total. The highest BCUT2D eigenvalue weighted by molar-refractivity contribution is 5.96. The van der Waals surface area contributed by atoms with Gasteiger partial charge in [-0.2, -0.15) is 0 Å². The molecule has 0 heterocycles. The Labute approximate surface area is 131 Å². The summed E-state index contributed by atoms with van der Waals surface area (Å²) in [6.45, 7) is 5.92. The van der Waals surface area contributed by atoms with Crippen LogP contribution in [0.15, 0.2) is 48.5 Å². The minimum atomic E-state index is -0.612. The van der Waals surface area contributed by atoms with Gasteiger partial charge in [0.2, 0.25) is 0 Å². The number of anilines is 2. The molecule has 1 amide bonds. The first-order valence-corrected chi connectivity index (χ1v) is 7.40. The molecular formula is C18H22N2O2. The van der Waals surface area contributed by atoms with Gasteiger partial charge in [0.25, 0.3) is 5.91 Å². The molecule has 1 atom stereocenters. The Balaban J connectivity index is 2.08. The molecule has 0 saturated heterocycles. The second-order valence-corrected chi connectivity index (χ2v) is 5.53. The third kappa shape index (κ3) is 3.79. The van der Waals surface area contributed by atoms with Crippen molar-refractivity contribution < 1.29 is 9.53 Å². The summed E-state index contributed by atoms with van der Waals surface area (Å²) in [6.07, 6.45) is -0.612. The van der Waals surface area contributed by atoms with E-state index in [2.05, 4.69) is 19.2 Å². The van der Waals surface area contributed by atoms with E-state index in [1.165, 1.54) is 0 Å². The zero-order valence-electron chi connectivity index (χ0n) is 13.2. The van der Waals surface area contributed by atoms with Crippen LogP contribution in [0.25, 0.3) is 0 Å². The van der Waals surface area contributed by atoms with Crippen molar-refractivity contribution in [1.29, 1.82) is 0 Å². The SMILES string of the molecule is CC(Oc1ccccc1C(C)C)C(=O)Nc1ccccc1N. The van der Waals surface area contributed by atoms with Gasteiger partial charge in [-0.05, 0) is 36.6 Å². The predicted octanol–water partition coefficient (Wildman–Crippen LogP) is 3.80. The van der Waals surface area contributed by atoms with Crippen molar-refractivity contribution in [2.24, 2.45) is 0 Å². The Morgan fingerprint density at radius 1 is 1.05 bits per heavy atom. The van der Waals surface area contributed by atoms with Crippen molar-refractivity contribution in [2.75, 3.05) is 11.1 Å². The molecule has 0 radical (unpaired) electrons. The molecule has 1 unspecified atom stereocenters. The maximum Gasteiger partial charge on any atom is 0.265 e. The third-order valence-corrected chi connectivity index (χ3v) is 3.43. The van der Waals surface area contributed by atoms with E-state index < -0.39 is 6.10 Å². The van der Waals surface area contributed by atoms with Crippen LogP contribution in [0.5, 0.6) is 5.75 Å². The first-order valence-electron chi connectivity index (χ1n) is 7.40. The number of nitrogens with one attached hydrogen (secondary N) is 1. The van der Waals surface area contributed by atoms with E-state index in [0.717, 1.165) is 11.3 Å². The lowest BCUT2D eigenvalue weighted by Gasteiger charge is -2.19. The summed E-state index contributed by atoms with van der Waals surface area (Å²) in [6, 6.07) is 14.9. The molecule has 2 rings (SSSR count). The normalized spacial score (nSPS) is 12.0. The molecule has 4 heteroatoms. The standard InChI is InChI=1S/C18H22N2O2/c1-12(2)14-8-4-7-11-17(14)22-13(3)18(21)20-16-10-6-5-9-15(16)19/h4-13H,19H2,1-3H3,(H,20,21). The van der Waals surface area contributed by atoms with Gasteiger partial charge in [0.05, 0.1) is 11.4 Å². The number of carbonyl (C=O) groups is 1. The molecule has 0 aromatic heterocycles. The second-order valence-electron chi connectivity index (χ2n) is 5.53. The smallest absolute Gasteiger partial charge is 0.265 e. The number of amides is 1. The molecule has 22 heavy (non-hydrogen) atoms. The summed E-state index contributed by atoms with van der Waals surface area (Å²) < 4.78 is 5.83. The van der Waals surface area contributed by atoms with Gasteiger partial charge in [-0.3, -0.25) is 4.79 Å². The van der Waals surface area contributed by atoms with Crippen LogP contribution in [0.3, 0.4) is 0 Å². The first-order chi connectivity index (χ1) is 10.5. The lowest BCUT2D eigenvalue weighted by molar-refractivity contribution is -0.122. The van der Waals surface area contributed by atoms with E-state index >= 15 is 0 Å². The number of nitrogens with two attached hydrogens (primary N) is 1. The van der Waals surface area contributed by atoms with E-state index in [0.29, 0.717) is 17.3 Å². The van der Waals surface area contributed by atoms with Crippen molar-refractivity contribution in [3.05, 3.63) is 54.1 Å². The molecule has 0 aliphatic rings. The fourth-order valence-electron chi connectivity index (χ4n) is 2.15. The van der Waals surface area contributed by atoms with Gasteiger partial charge in [0, 0.05) is 0 Å². The van der Waals surface area contributed by atoms with Gasteiger partial charge in [-0.15, -0.1) is 0 Å². The van der Waals surface area contributed by atoms with Crippen molar-refractivity contribution in [1.82, 2.24) is 0 Å². The van der Waals surface area contributed by atoms with Crippen LogP contribution >= 0.6 is 0 Å². The highest BCUT2D eigenvalue weighted by atomic mass is 16.5. The first kappa shape index (κ1) is 15.9. The minimum absolute atomic E-state index is 0.226. The van der Waals surface area contributed by atoms with E-state index in [1.54, 1.807) is 19.1 Å². The molecule has 2 aromatic rings. The van der Waals surface area contributed by atoms with Crippen LogP contribution < -0.4 is 15.8 Å². The molecule has 0 saturated carbocycles. The maximum absolute atomic E-state index is 12.3. The fourth-order valence-corrected chi connectivity index (χ4v) is 2.15. The van der Waals surface area contributed by atoms with Gasteiger partial charge in [-0.25, -0.2) is 0 Å². The van der Waals surface area contributed by atoms with Gasteiger partial charge in [0.15, 0.2) is 6.10 Å². The molecule has 0 spiro atoms. The number of benzene rings is 2. The van der Waals surface area contributed by atoms with Crippen molar-refractivity contribution in [3.8, 4) is 5.75 Å². The molecule has 0 aliphatic heterocycles. The van der Waals surface area contributed by atoms with Crippen molar-refractivity contribution in [2.45, 2.75) is 32.8 Å². The van der Waals surface area contributed by atoms with Gasteiger partial charge < -0.3 is 15.8 Å². The number of nitrogen functional groups attached to an aromatic ring is 1. The van der Waals surface area contributed by atoms with Gasteiger partial charge in [-0.1, -0.05) is 44.2 Å². The number of carbonyl (C=O) groups excluding carboxylic acids is 1. The van der Waals surface area contributed by atoms with Crippen LogP contribution in [-0.4, -0.2) is 12.0 Å². The molecule has 2 aromatic carbocycles. The summed E-state index contributed by atoms with van der Waals surface area (Å²) in [5, 5.41) is 2.79. The zero-order valence-corrected chi connectivity index (χ0v) is 13.2. The number of para-hydroxylation sites is 3. The minimum Gasteiger partial charge on any atom is -0.481 e. The van der Waals surface area contributed by atoms with E-state index in [1.807, 2.05) is 36.4 Å².